The Labute approximate surface area is 110 Å². The molecule has 0 saturated heterocycles. The number of carbonyl (C=O) groups is 1. The summed E-state index contributed by atoms with van der Waals surface area (Å²) >= 11 is 0. The first-order valence-corrected chi connectivity index (χ1v) is 7.71. The Kier molecular flexibility index (Phi) is 3.35. The van der Waals surface area contributed by atoms with Crippen LogP contribution in [0.2, 0.25) is 0 Å². The average molecular weight is 250 g/mol. The normalized spacial score (nSPS) is 41.2. The van der Waals surface area contributed by atoms with Gasteiger partial charge in [0.05, 0.1) is 0 Å². The lowest BCUT2D eigenvalue weighted by Gasteiger charge is -2.43. The Hall–Kier alpha value is -0.570. The maximum absolute atomic E-state index is 12.3. The van der Waals surface area contributed by atoms with E-state index in [1.54, 1.807) is 0 Å². The SMILES string of the molecule is CC(NC(=O)C1CC2CCCC(C1)C2N)C1CC1. The van der Waals surface area contributed by atoms with Crippen LogP contribution in [-0.4, -0.2) is 18.0 Å². The summed E-state index contributed by atoms with van der Waals surface area (Å²) in [5, 5.41) is 3.24. The van der Waals surface area contributed by atoms with Crippen molar-refractivity contribution in [2.24, 2.45) is 29.4 Å². The molecule has 3 N–H and O–H groups in total. The molecule has 3 unspecified atom stereocenters. The summed E-state index contributed by atoms with van der Waals surface area (Å²) in [6.07, 6.45) is 8.43. The quantitative estimate of drug-likeness (QED) is 0.805. The van der Waals surface area contributed by atoms with Crippen molar-refractivity contribution < 1.29 is 4.79 Å². The summed E-state index contributed by atoms with van der Waals surface area (Å²) < 4.78 is 0. The van der Waals surface area contributed by atoms with Crippen LogP contribution in [0.1, 0.15) is 51.9 Å². The number of nitrogens with one attached hydrogen (secondary N) is 1. The Morgan fingerprint density at radius 1 is 1.17 bits per heavy atom. The highest BCUT2D eigenvalue weighted by Gasteiger charge is 2.41. The summed E-state index contributed by atoms with van der Waals surface area (Å²) in [5.41, 5.74) is 6.27. The molecule has 3 aliphatic rings. The minimum Gasteiger partial charge on any atom is -0.353 e. The number of rotatable bonds is 3. The summed E-state index contributed by atoms with van der Waals surface area (Å²) in [4.78, 5) is 12.3. The van der Waals surface area contributed by atoms with Crippen LogP contribution in [0.5, 0.6) is 0 Å². The van der Waals surface area contributed by atoms with Crippen LogP contribution < -0.4 is 11.1 Å². The zero-order chi connectivity index (χ0) is 12.7. The Bertz CT molecular complexity index is 312. The maximum atomic E-state index is 12.3. The number of amides is 1. The molecule has 0 aliphatic heterocycles. The molecule has 0 aromatic heterocycles. The molecule has 3 aliphatic carbocycles. The van der Waals surface area contributed by atoms with E-state index in [1.165, 1.54) is 32.1 Å². The number of carbonyl (C=O) groups excluding carboxylic acids is 1. The van der Waals surface area contributed by atoms with Crippen molar-refractivity contribution in [2.75, 3.05) is 0 Å². The van der Waals surface area contributed by atoms with Gasteiger partial charge in [0.1, 0.15) is 0 Å². The first-order valence-electron chi connectivity index (χ1n) is 7.71. The van der Waals surface area contributed by atoms with Crippen LogP contribution >= 0.6 is 0 Å². The molecule has 102 valence electrons. The fourth-order valence-corrected chi connectivity index (χ4v) is 4.06. The molecule has 1 amide bonds. The first-order chi connectivity index (χ1) is 8.65. The fraction of sp³-hybridized carbons (Fsp3) is 0.933. The Morgan fingerprint density at radius 3 is 2.33 bits per heavy atom. The minimum absolute atomic E-state index is 0.237. The van der Waals surface area contributed by atoms with Crippen molar-refractivity contribution in [2.45, 2.75) is 64.0 Å². The van der Waals surface area contributed by atoms with E-state index in [0.29, 0.717) is 29.8 Å². The molecule has 3 nitrogen and oxygen atoms in total. The van der Waals surface area contributed by atoms with Gasteiger partial charge in [-0.25, -0.2) is 0 Å². The number of hydrogen-bond acceptors (Lipinski definition) is 2. The molecule has 0 radical (unpaired) electrons. The summed E-state index contributed by atoms with van der Waals surface area (Å²) in [7, 11) is 0. The highest BCUT2D eigenvalue weighted by molar-refractivity contribution is 5.79. The highest BCUT2D eigenvalue weighted by atomic mass is 16.1. The lowest BCUT2D eigenvalue weighted by Crippen LogP contribution is -2.50. The zero-order valence-corrected chi connectivity index (χ0v) is 11.4. The van der Waals surface area contributed by atoms with E-state index in [9.17, 15) is 4.79 Å². The largest absolute Gasteiger partial charge is 0.353 e. The predicted molar refractivity (Wildman–Crippen MR) is 71.9 cm³/mol. The van der Waals surface area contributed by atoms with Gasteiger partial charge in [-0.1, -0.05) is 6.42 Å². The van der Waals surface area contributed by atoms with Crippen molar-refractivity contribution in [3.05, 3.63) is 0 Å². The molecule has 0 heterocycles. The third-order valence-corrected chi connectivity index (χ3v) is 5.48. The second-order valence-corrected chi connectivity index (χ2v) is 6.83. The van der Waals surface area contributed by atoms with E-state index < -0.39 is 0 Å². The van der Waals surface area contributed by atoms with Gasteiger partial charge in [0.15, 0.2) is 0 Å². The fourth-order valence-electron chi connectivity index (χ4n) is 4.06. The highest BCUT2D eigenvalue weighted by Crippen LogP contribution is 2.42. The van der Waals surface area contributed by atoms with Gasteiger partial charge in [0, 0.05) is 18.0 Å². The van der Waals surface area contributed by atoms with Crippen LogP contribution in [0.25, 0.3) is 0 Å². The van der Waals surface area contributed by atoms with Gasteiger partial charge in [-0.15, -0.1) is 0 Å². The van der Waals surface area contributed by atoms with E-state index in [-0.39, 0.29) is 5.92 Å². The van der Waals surface area contributed by atoms with Crippen LogP contribution in [-0.2, 0) is 4.79 Å². The molecular formula is C15H26N2O. The second-order valence-electron chi connectivity index (χ2n) is 6.83. The van der Waals surface area contributed by atoms with Crippen molar-refractivity contribution in [3.63, 3.8) is 0 Å². The lowest BCUT2D eigenvalue weighted by molar-refractivity contribution is -0.128. The van der Waals surface area contributed by atoms with Gasteiger partial charge in [-0.3, -0.25) is 4.79 Å². The lowest BCUT2D eigenvalue weighted by atomic mass is 9.65. The molecule has 3 heteroatoms. The van der Waals surface area contributed by atoms with E-state index in [4.69, 9.17) is 5.73 Å². The van der Waals surface area contributed by atoms with Gasteiger partial charge in [0.25, 0.3) is 0 Å². The average Bonchev–Trinajstić information content (AvgIpc) is 3.11. The van der Waals surface area contributed by atoms with Gasteiger partial charge in [0.2, 0.25) is 5.91 Å². The molecule has 0 spiro atoms. The smallest absolute Gasteiger partial charge is 0.223 e. The van der Waals surface area contributed by atoms with E-state index >= 15 is 0 Å². The van der Waals surface area contributed by atoms with E-state index in [2.05, 4.69) is 12.2 Å². The molecule has 2 bridgehead atoms. The standard InChI is InChI=1S/C15H26N2O/c1-9(10-5-6-10)17-15(18)13-7-11-3-2-4-12(8-13)14(11)16/h9-14H,2-8,16H2,1H3,(H,17,18). The van der Waals surface area contributed by atoms with Gasteiger partial charge in [-0.05, 0) is 63.2 Å². The van der Waals surface area contributed by atoms with Crippen LogP contribution in [0.15, 0.2) is 0 Å². The molecule has 18 heavy (non-hydrogen) atoms. The van der Waals surface area contributed by atoms with Gasteiger partial charge < -0.3 is 11.1 Å². The van der Waals surface area contributed by atoms with Gasteiger partial charge in [-0.2, -0.15) is 0 Å². The van der Waals surface area contributed by atoms with Crippen molar-refractivity contribution in [1.82, 2.24) is 5.32 Å². The Morgan fingerprint density at radius 2 is 1.78 bits per heavy atom. The third-order valence-electron chi connectivity index (χ3n) is 5.48. The molecule has 3 saturated carbocycles. The number of nitrogens with two attached hydrogens (primary N) is 1. The molecule has 0 aromatic carbocycles. The first kappa shape index (κ1) is 12.5. The topological polar surface area (TPSA) is 55.1 Å². The number of fused-ring (bicyclic) bond motifs is 2. The predicted octanol–water partition coefficient (Wildman–Crippen LogP) is 2.05. The van der Waals surface area contributed by atoms with Gasteiger partial charge >= 0.3 is 0 Å². The number of hydrogen-bond donors (Lipinski definition) is 2. The molecular weight excluding hydrogens is 224 g/mol. The molecule has 3 atom stereocenters. The van der Waals surface area contributed by atoms with E-state index in [0.717, 1.165) is 18.8 Å². The third kappa shape index (κ3) is 2.42. The molecule has 3 rings (SSSR count). The maximum Gasteiger partial charge on any atom is 0.223 e. The van der Waals surface area contributed by atoms with E-state index in [1.807, 2.05) is 0 Å². The summed E-state index contributed by atoms with van der Waals surface area (Å²) in [6, 6.07) is 0.747. The molecule has 0 aromatic rings. The summed E-state index contributed by atoms with van der Waals surface area (Å²) in [6.45, 7) is 2.16. The van der Waals surface area contributed by atoms with Crippen LogP contribution in [0.4, 0.5) is 0 Å². The van der Waals surface area contributed by atoms with Crippen molar-refractivity contribution in [3.8, 4) is 0 Å². The van der Waals surface area contributed by atoms with Crippen LogP contribution in [0.3, 0.4) is 0 Å². The van der Waals surface area contributed by atoms with Crippen molar-refractivity contribution in [1.29, 1.82) is 0 Å². The summed E-state index contributed by atoms with van der Waals surface area (Å²) in [5.74, 6) is 2.49. The van der Waals surface area contributed by atoms with Crippen molar-refractivity contribution >= 4 is 5.91 Å². The minimum atomic E-state index is 0.237. The Balaban J connectivity index is 1.57. The van der Waals surface area contributed by atoms with Crippen LogP contribution in [0, 0.1) is 23.7 Å². The monoisotopic (exact) mass is 250 g/mol. The second kappa shape index (κ2) is 4.84. The zero-order valence-electron chi connectivity index (χ0n) is 11.4. The molecule has 3 fully saturated rings.